The molecule has 0 radical (unpaired) electrons. The van der Waals surface area contributed by atoms with E-state index in [1.54, 1.807) is 0 Å². The van der Waals surface area contributed by atoms with Gasteiger partial charge in [-0.3, -0.25) is 4.79 Å². The number of hydrogen-bond acceptors (Lipinski definition) is 3. The molecule has 176 valence electrons. The topological polar surface area (TPSA) is 57.5 Å². The van der Waals surface area contributed by atoms with Crippen molar-refractivity contribution >= 4 is 5.78 Å². The third-order valence-corrected chi connectivity index (χ3v) is 9.68. The summed E-state index contributed by atoms with van der Waals surface area (Å²) in [5.74, 6) is 2.46. The van der Waals surface area contributed by atoms with Gasteiger partial charge in [0.2, 0.25) is 0 Å². The molecule has 2 saturated carbocycles. The van der Waals surface area contributed by atoms with E-state index in [-0.39, 0.29) is 29.5 Å². The van der Waals surface area contributed by atoms with E-state index in [2.05, 4.69) is 47.3 Å². The maximum absolute atomic E-state index is 13.8. The Bertz CT molecular complexity index is 707. The molecule has 3 aliphatic rings. The fraction of sp³-hybridized carbons (Fsp3) is 0.821. The molecule has 3 heteroatoms. The fourth-order valence-electron chi connectivity index (χ4n) is 7.32. The van der Waals surface area contributed by atoms with Crippen LogP contribution in [0.5, 0.6) is 0 Å². The molecule has 0 aromatic rings. The van der Waals surface area contributed by atoms with Crippen LogP contribution in [0.4, 0.5) is 0 Å². The maximum atomic E-state index is 13.8. The molecule has 0 aromatic heterocycles. The van der Waals surface area contributed by atoms with Gasteiger partial charge in [0.25, 0.3) is 0 Å². The molecular formula is C28H46O3. The number of carbonyl (C=O) groups excluding carboxylic acids is 1. The molecule has 0 saturated heterocycles. The summed E-state index contributed by atoms with van der Waals surface area (Å²) in [5, 5.41) is 20.1. The van der Waals surface area contributed by atoms with Gasteiger partial charge < -0.3 is 10.2 Å². The van der Waals surface area contributed by atoms with Gasteiger partial charge in [-0.05, 0) is 93.8 Å². The van der Waals surface area contributed by atoms with E-state index in [9.17, 15) is 15.0 Å². The van der Waals surface area contributed by atoms with E-state index < -0.39 is 0 Å². The first-order valence-electron chi connectivity index (χ1n) is 12.7. The Hall–Kier alpha value is -0.930. The molecule has 3 aliphatic carbocycles. The lowest BCUT2D eigenvalue weighted by atomic mass is 9.56. The Morgan fingerprint density at radius 1 is 1.23 bits per heavy atom. The van der Waals surface area contributed by atoms with Gasteiger partial charge in [-0.2, -0.15) is 0 Å². The van der Waals surface area contributed by atoms with Gasteiger partial charge >= 0.3 is 0 Å². The Balaban J connectivity index is 1.80. The molecule has 3 rings (SSSR count). The van der Waals surface area contributed by atoms with Gasteiger partial charge in [0.1, 0.15) is 5.78 Å². The number of carbonyl (C=O) groups is 1. The van der Waals surface area contributed by atoms with Crippen molar-refractivity contribution in [1.82, 2.24) is 0 Å². The average Bonchev–Trinajstić information content (AvgIpc) is 3.04. The molecule has 31 heavy (non-hydrogen) atoms. The number of ketones is 1. The molecule has 7 atom stereocenters. The second kappa shape index (κ2) is 9.51. The minimum absolute atomic E-state index is 0.00351. The molecule has 0 amide bonds. The van der Waals surface area contributed by atoms with Crippen molar-refractivity contribution in [2.24, 2.45) is 40.4 Å². The smallest absolute Gasteiger partial charge is 0.146 e. The van der Waals surface area contributed by atoms with Crippen molar-refractivity contribution in [3.8, 4) is 0 Å². The lowest BCUT2D eigenvalue weighted by Crippen LogP contribution is -2.47. The summed E-state index contributed by atoms with van der Waals surface area (Å²) in [5.41, 5.74) is 2.12. The summed E-state index contributed by atoms with van der Waals surface area (Å²) in [4.78, 5) is 13.8. The van der Waals surface area contributed by atoms with Crippen molar-refractivity contribution in [3.63, 3.8) is 0 Å². The molecule has 2 N–H and O–H groups in total. The molecule has 0 spiro atoms. The van der Waals surface area contributed by atoms with Crippen molar-refractivity contribution in [2.75, 3.05) is 6.61 Å². The third-order valence-electron chi connectivity index (χ3n) is 9.68. The summed E-state index contributed by atoms with van der Waals surface area (Å²) < 4.78 is 0. The number of fused-ring (bicyclic) bond motifs is 1. The number of allylic oxidation sites excluding steroid dienone is 2. The van der Waals surface area contributed by atoms with Crippen LogP contribution in [0, 0.1) is 40.4 Å². The van der Waals surface area contributed by atoms with Crippen LogP contribution in [0.25, 0.3) is 0 Å². The third kappa shape index (κ3) is 4.60. The Morgan fingerprint density at radius 2 is 1.94 bits per heavy atom. The predicted molar refractivity (Wildman–Crippen MR) is 128 cm³/mol. The first-order chi connectivity index (χ1) is 14.5. The van der Waals surface area contributed by atoms with Gasteiger partial charge in [-0.15, -0.1) is 0 Å². The van der Waals surface area contributed by atoms with E-state index in [4.69, 9.17) is 0 Å². The molecule has 0 aromatic carbocycles. The Morgan fingerprint density at radius 3 is 2.58 bits per heavy atom. The first-order valence-corrected chi connectivity index (χ1v) is 12.7. The van der Waals surface area contributed by atoms with Crippen LogP contribution in [0.2, 0.25) is 0 Å². The van der Waals surface area contributed by atoms with Crippen LogP contribution in [-0.4, -0.2) is 28.7 Å². The zero-order valence-corrected chi connectivity index (χ0v) is 20.6. The van der Waals surface area contributed by atoms with E-state index in [0.29, 0.717) is 35.9 Å². The molecule has 2 fully saturated rings. The summed E-state index contributed by atoms with van der Waals surface area (Å²) in [6, 6.07) is 0. The Kier molecular flexibility index (Phi) is 7.58. The number of aliphatic hydroxyl groups is 2. The van der Waals surface area contributed by atoms with Gasteiger partial charge in [0.15, 0.2) is 0 Å². The number of rotatable bonds is 8. The summed E-state index contributed by atoms with van der Waals surface area (Å²) in [7, 11) is 0. The summed E-state index contributed by atoms with van der Waals surface area (Å²) >= 11 is 0. The van der Waals surface area contributed by atoms with Crippen molar-refractivity contribution < 1.29 is 15.0 Å². The molecule has 3 nitrogen and oxygen atoms in total. The molecule has 0 bridgehead atoms. The van der Waals surface area contributed by atoms with Crippen LogP contribution >= 0.6 is 0 Å². The predicted octanol–water partition coefficient (Wildman–Crippen LogP) is 6.10. The van der Waals surface area contributed by atoms with Crippen LogP contribution in [0.1, 0.15) is 92.4 Å². The summed E-state index contributed by atoms with van der Waals surface area (Å²) in [6.07, 6.45) is 10.2. The Labute approximate surface area is 190 Å². The van der Waals surface area contributed by atoms with E-state index in [0.717, 1.165) is 51.4 Å². The van der Waals surface area contributed by atoms with Crippen LogP contribution in [-0.2, 0) is 4.79 Å². The van der Waals surface area contributed by atoms with Crippen LogP contribution < -0.4 is 0 Å². The van der Waals surface area contributed by atoms with Crippen LogP contribution in [0.3, 0.4) is 0 Å². The van der Waals surface area contributed by atoms with Gasteiger partial charge in [-0.1, -0.05) is 51.5 Å². The second-order valence-electron chi connectivity index (χ2n) is 11.8. The zero-order chi connectivity index (χ0) is 23.0. The molecule has 0 aliphatic heterocycles. The SMILES string of the molecule is C=C(CC[C@@H](C)C1CC[C@@H]([C@@H]2CC=C3C[C@@H](O)CC[C@]3(C)C2=O)[C@]1(C)CCO)C(C)C. The first kappa shape index (κ1) is 24.7. The highest BCUT2D eigenvalue weighted by molar-refractivity contribution is 5.91. The van der Waals surface area contributed by atoms with Crippen LogP contribution in [0.15, 0.2) is 23.8 Å². The van der Waals surface area contributed by atoms with Gasteiger partial charge in [0, 0.05) is 17.9 Å². The minimum atomic E-state index is -0.388. The lowest BCUT2D eigenvalue weighted by Gasteiger charge is -2.48. The molecular weight excluding hydrogens is 384 g/mol. The van der Waals surface area contributed by atoms with Gasteiger partial charge in [0.05, 0.1) is 6.10 Å². The fourth-order valence-corrected chi connectivity index (χ4v) is 7.32. The van der Waals surface area contributed by atoms with E-state index in [1.165, 1.54) is 11.1 Å². The van der Waals surface area contributed by atoms with Crippen molar-refractivity contribution in [2.45, 2.75) is 98.5 Å². The van der Waals surface area contributed by atoms with Crippen molar-refractivity contribution in [3.05, 3.63) is 23.8 Å². The minimum Gasteiger partial charge on any atom is -0.396 e. The second-order valence-corrected chi connectivity index (χ2v) is 11.8. The number of hydrogen-bond donors (Lipinski definition) is 2. The standard InChI is InChI=1S/C28H46O3/c1-18(2)19(3)7-8-20(4)24-11-12-25(28(24,6)15-16-29)23-10-9-21-17-22(30)13-14-27(21,5)26(23)31/h9,18,20,22-25,29-30H,3,7-8,10-17H2,1-2,4-6H3/t20-,22+,23+,24?,25+,27+,28-/m1/s1. The molecule has 0 heterocycles. The number of aliphatic hydroxyl groups excluding tert-OH is 2. The lowest BCUT2D eigenvalue weighted by molar-refractivity contribution is -0.136. The van der Waals surface area contributed by atoms with Gasteiger partial charge in [-0.25, -0.2) is 0 Å². The largest absolute Gasteiger partial charge is 0.396 e. The monoisotopic (exact) mass is 430 g/mol. The highest BCUT2D eigenvalue weighted by Gasteiger charge is 2.55. The van der Waals surface area contributed by atoms with E-state index >= 15 is 0 Å². The van der Waals surface area contributed by atoms with E-state index in [1.807, 2.05) is 0 Å². The highest BCUT2D eigenvalue weighted by atomic mass is 16.3. The molecule has 1 unspecified atom stereocenters. The number of Topliss-reactive ketones (excluding diaryl/α,β-unsaturated/α-hetero) is 1. The quantitative estimate of drug-likeness (QED) is 0.458. The highest BCUT2D eigenvalue weighted by Crippen LogP contribution is 2.59. The zero-order valence-electron chi connectivity index (χ0n) is 20.6. The van der Waals surface area contributed by atoms with Crippen molar-refractivity contribution in [1.29, 1.82) is 0 Å². The average molecular weight is 431 g/mol. The normalized spacial score (nSPS) is 39.4. The summed E-state index contributed by atoms with van der Waals surface area (Å²) in [6.45, 7) is 15.8. The maximum Gasteiger partial charge on any atom is 0.146 e.